The summed E-state index contributed by atoms with van der Waals surface area (Å²) in [6.45, 7) is 2.17. The van der Waals surface area contributed by atoms with Gasteiger partial charge in [-0.1, -0.05) is 0 Å². The normalized spacial score (nSPS) is 15.0. The Labute approximate surface area is 139 Å². The summed E-state index contributed by atoms with van der Waals surface area (Å²) < 4.78 is 11.0. The van der Waals surface area contributed by atoms with Gasteiger partial charge in [-0.25, -0.2) is 9.97 Å². The predicted octanol–water partition coefficient (Wildman–Crippen LogP) is 3.60. The Bertz CT molecular complexity index is 837. The standard InChI is InChI=1S/C17H17N5O2/c1-22-7-6-14-16(10-22)24-17(20-14)9-19-21-13-4-2-12(3-5-13)15-8-18-11-23-15/h2-5,8,11H,6-7,9-10H2,1H3. The minimum atomic E-state index is 0.348. The van der Waals surface area contributed by atoms with E-state index in [1.807, 2.05) is 24.3 Å². The second-order valence-electron chi connectivity index (χ2n) is 5.78. The molecule has 1 aliphatic heterocycles. The van der Waals surface area contributed by atoms with Gasteiger partial charge < -0.3 is 8.83 Å². The van der Waals surface area contributed by atoms with Crippen LogP contribution >= 0.6 is 0 Å². The largest absolute Gasteiger partial charge is 0.444 e. The summed E-state index contributed by atoms with van der Waals surface area (Å²) in [6.07, 6.45) is 4.02. The van der Waals surface area contributed by atoms with Crippen LogP contribution in [0.3, 0.4) is 0 Å². The van der Waals surface area contributed by atoms with Crippen molar-refractivity contribution in [3.63, 3.8) is 0 Å². The van der Waals surface area contributed by atoms with E-state index in [-0.39, 0.29) is 0 Å². The topological polar surface area (TPSA) is 80.0 Å². The van der Waals surface area contributed by atoms with E-state index in [9.17, 15) is 0 Å². The van der Waals surface area contributed by atoms with Crippen molar-refractivity contribution >= 4 is 5.69 Å². The van der Waals surface area contributed by atoms with Crippen LogP contribution in [-0.2, 0) is 19.5 Å². The van der Waals surface area contributed by atoms with Crippen molar-refractivity contribution < 1.29 is 8.83 Å². The van der Waals surface area contributed by atoms with Gasteiger partial charge in [-0.05, 0) is 31.3 Å². The zero-order valence-corrected chi connectivity index (χ0v) is 13.3. The Balaban J connectivity index is 1.41. The number of likely N-dealkylation sites (N-methyl/N-ethyl adjacent to an activating group) is 1. The van der Waals surface area contributed by atoms with Crippen molar-refractivity contribution in [2.24, 2.45) is 10.2 Å². The van der Waals surface area contributed by atoms with Crippen LogP contribution in [0.5, 0.6) is 0 Å². The molecule has 0 aliphatic carbocycles. The van der Waals surface area contributed by atoms with E-state index in [0.29, 0.717) is 12.4 Å². The summed E-state index contributed by atoms with van der Waals surface area (Å²) in [4.78, 5) is 10.6. The molecule has 0 unspecified atom stereocenters. The van der Waals surface area contributed by atoms with E-state index in [1.165, 1.54) is 6.39 Å². The van der Waals surface area contributed by atoms with Gasteiger partial charge in [0.05, 0.1) is 24.1 Å². The quantitative estimate of drug-likeness (QED) is 0.685. The first-order valence-corrected chi connectivity index (χ1v) is 7.80. The molecule has 4 rings (SSSR count). The molecule has 0 saturated carbocycles. The zero-order chi connectivity index (χ0) is 16.4. The number of azo groups is 1. The summed E-state index contributed by atoms with van der Waals surface area (Å²) in [6, 6.07) is 7.62. The van der Waals surface area contributed by atoms with Gasteiger partial charge in [0, 0.05) is 18.5 Å². The second-order valence-corrected chi connectivity index (χ2v) is 5.78. The van der Waals surface area contributed by atoms with Gasteiger partial charge >= 0.3 is 0 Å². The molecule has 0 bridgehead atoms. The number of hydrogen-bond acceptors (Lipinski definition) is 7. The highest BCUT2D eigenvalue weighted by atomic mass is 16.4. The van der Waals surface area contributed by atoms with Crippen molar-refractivity contribution in [3.05, 3.63) is 54.2 Å². The molecule has 7 heteroatoms. The molecule has 1 aliphatic rings. The van der Waals surface area contributed by atoms with Crippen LogP contribution in [0.1, 0.15) is 17.3 Å². The van der Waals surface area contributed by atoms with Gasteiger partial charge in [-0.15, -0.1) is 0 Å². The monoisotopic (exact) mass is 323 g/mol. The first-order valence-electron chi connectivity index (χ1n) is 7.80. The zero-order valence-electron chi connectivity index (χ0n) is 13.3. The maximum atomic E-state index is 5.76. The fourth-order valence-electron chi connectivity index (χ4n) is 2.67. The lowest BCUT2D eigenvalue weighted by Crippen LogP contribution is -2.25. The molecule has 0 saturated heterocycles. The lowest BCUT2D eigenvalue weighted by atomic mass is 10.2. The molecule has 0 spiro atoms. The van der Waals surface area contributed by atoms with Crippen LogP contribution in [0.2, 0.25) is 0 Å². The summed E-state index contributed by atoms with van der Waals surface area (Å²) in [7, 11) is 2.08. The minimum absolute atomic E-state index is 0.348. The molecule has 0 fully saturated rings. The maximum Gasteiger partial charge on any atom is 0.218 e. The lowest BCUT2D eigenvalue weighted by Gasteiger charge is -2.19. The molecule has 0 radical (unpaired) electrons. The van der Waals surface area contributed by atoms with Crippen molar-refractivity contribution in [2.45, 2.75) is 19.5 Å². The first kappa shape index (κ1) is 14.8. The highest BCUT2D eigenvalue weighted by Gasteiger charge is 2.19. The molecule has 0 N–H and O–H groups in total. The number of fused-ring (bicyclic) bond motifs is 1. The molecule has 0 atom stereocenters. The fourth-order valence-corrected chi connectivity index (χ4v) is 2.67. The summed E-state index contributed by atoms with van der Waals surface area (Å²) in [5.74, 6) is 2.30. The minimum Gasteiger partial charge on any atom is -0.444 e. The highest BCUT2D eigenvalue weighted by Crippen LogP contribution is 2.23. The third-order valence-electron chi connectivity index (χ3n) is 3.94. The van der Waals surface area contributed by atoms with Crippen molar-refractivity contribution in [2.75, 3.05) is 13.6 Å². The highest BCUT2D eigenvalue weighted by molar-refractivity contribution is 5.59. The molecule has 122 valence electrons. The van der Waals surface area contributed by atoms with Crippen LogP contribution in [0.15, 0.2) is 55.9 Å². The molecule has 24 heavy (non-hydrogen) atoms. The van der Waals surface area contributed by atoms with Gasteiger partial charge in [-0.3, -0.25) is 4.90 Å². The Morgan fingerprint density at radius 1 is 1.25 bits per heavy atom. The van der Waals surface area contributed by atoms with Crippen LogP contribution in [0, 0.1) is 0 Å². The number of aromatic nitrogens is 2. The molecular formula is C17H17N5O2. The fraction of sp³-hybridized carbons (Fsp3) is 0.294. The van der Waals surface area contributed by atoms with Gasteiger partial charge in [0.25, 0.3) is 0 Å². The van der Waals surface area contributed by atoms with Gasteiger partial charge in [0.2, 0.25) is 5.89 Å². The second kappa shape index (κ2) is 6.37. The average molecular weight is 323 g/mol. The van der Waals surface area contributed by atoms with Crippen LogP contribution < -0.4 is 0 Å². The Morgan fingerprint density at radius 2 is 2.12 bits per heavy atom. The summed E-state index contributed by atoms with van der Waals surface area (Å²) in [5, 5.41) is 8.40. The SMILES string of the molecule is CN1CCc2nc(CN=Nc3ccc(-c4cnco4)cc3)oc2C1. The van der Waals surface area contributed by atoms with Crippen LogP contribution in [-0.4, -0.2) is 28.5 Å². The van der Waals surface area contributed by atoms with Crippen LogP contribution in [0.25, 0.3) is 11.3 Å². The van der Waals surface area contributed by atoms with Crippen molar-refractivity contribution in [3.8, 4) is 11.3 Å². The van der Waals surface area contributed by atoms with Gasteiger partial charge in [0.15, 0.2) is 12.2 Å². The van der Waals surface area contributed by atoms with Crippen LogP contribution in [0.4, 0.5) is 5.69 Å². The van der Waals surface area contributed by atoms with Gasteiger partial charge in [0.1, 0.15) is 12.3 Å². The molecule has 3 heterocycles. The number of oxazole rings is 2. The average Bonchev–Trinajstić information content (AvgIpc) is 3.24. The molecule has 3 aromatic rings. The first-order chi connectivity index (χ1) is 11.8. The lowest BCUT2D eigenvalue weighted by molar-refractivity contribution is 0.273. The van der Waals surface area contributed by atoms with Crippen molar-refractivity contribution in [1.82, 2.24) is 14.9 Å². The number of hydrogen-bond donors (Lipinski definition) is 0. The van der Waals surface area contributed by atoms with Crippen molar-refractivity contribution in [1.29, 1.82) is 0 Å². The number of nitrogens with zero attached hydrogens (tertiary/aromatic N) is 5. The van der Waals surface area contributed by atoms with E-state index in [2.05, 4.69) is 32.1 Å². The third-order valence-corrected chi connectivity index (χ3v) is 3.94. The van der Waals surface area contributed by atoms with Gasteiger partial charge in [-0.2, -0.15) is 10.2 Å². The molecule has 7 nitrogen and oxygen atoms in total. The summed E-state index contributed by atoms with van der Waals surface area (Å²) >= 11 is 0. The van der Waals surface area contributed by atoms with E-state index in [1.54, 1.807) is 6.20 Å². The predicted molar refractivity (Wildman–Crippen MR) is 86.7 cm³/mol. The van der Waals surface area contributed by atoms with E-state index < -0.39 is 0 Å². The Hall–Kier alpha value is -2.80. The Morgan fingerprint density at radius 3 is 2.92 bits per heavy atom. The summed E-state index contributed by atoms with van der Waals surface area (Å²) in [5.41, 5.74) is 2.78. The Kier molecular flexibility index (Phi) is 3.92. The van der Waals surface area contributed by atoms with E-state index in [0.717, 1.165) is 48.0 Å². The smallest absolute Gasteiger partial charge is 0.218 e. The molecule has 2 aromatic heterocycles. The van der Waals surface area contributed by atoms with E-state index >= 15 is 0 Å². The maximum absolute atomic E-state index is 5.76. The van der Waals surface area contributed by atoms with E-state index in [4.69, 9.17) is 8.83 Å². The number of rotatable bonds is 4. The third kappa shape index (κ3) is 3.11. The number of benzene rings is 1. The molecule has 0 amide bonds. The molecule has 1 aromatic carbocycles. The molecular weight excluding hydrogens is 306 g/mol.